The van der Waals surface area contributed by atoms with Gasteiger partial charge in [-0.15, -0.1) is 0 Å². The van der Waals surface area contributed by atoms with Crippen molar-refractivity contribution >= 4 is 17.5 Å². The average Bonchev–Trinajstić information content (AvgIpc) is 2.75. The molecule has 0 radical (unpaired) electrons. The molecule has 0 unspecified atom stereocenters. The van der Waals surface area contributed by atoms with Crippen LogP contribution < -0.4 is 15.4 Å². The molecule has 0 fully saturated rings. The highest BCUT2D eigenvalue weighted by Crippen LogP contribution is 2.17. The fourth-order valence-corrected chi connectivity index (χ4v) is 2.81. The Morgan fingerprint density at radius 1 is 1.07 bits per heavy atom. The standard InChI is InChI=1S/C22H24N4O2/c1-3-16-8-10-18(11-9-16)25-21(27)19-13-15-24-22(26-19)23-14-12-17-6-4-5-7-20(17)28-2/h4-11,13,15H,3,12,14H2,1-2H3,(H,25,27)(H,23,24,26). The van der Waals surface area contributed by atoms with Crippen molar-refractivity contribution in [1.82, 2.24) is 9.97 Å². The number of aromatic nitrogens is 2. The smallest absolute Gasteiger partial charge is 0.274 e. The number of aryl methyl sites for hydroxylation is 1. The summed E-state index contributed by atoms with van der Waals surface area (Å²) in [4.78, 5) is 21.0. The molecule has 0 bridgehead atoms. The number of hydrogen-bond donors (Lipinski definition) is 2. The molecule has 0 atom stereocenters. The van der Waals surface area contributed by atoms with Gasteiger partial charge in [0.25, 0.3) is 5.91 Å². The van der Waals surface area contributed by atoms with Crippen LogP contribution in [0.25, 0.3) is 0 Å². The third kappa shape index (κ3) is 5.07. The van der Waals surface area contributed by atoms with Gasteiger partial charge in [0.1, 0.15) is 11.4 Å². The van der Waals surface area contributed by atoms with Crippen LogP contribution >= 0.6 is 0 Å². The van der Waals surface area contributed by atoms with Crippen molar-refractivity contribution in [3.8, 4) is 5.75 Å². The van der Waals surface area contributed by atoms with Crippen molar-refractivity contribution in [2.45, 2.75) is 19.8 Å². The van der Waals surface area contributed by atoms with E-state index in [9.17, 15) is 4.79 Å². The van der Waals surface area contributed by atoms with E-state index in [0.717, 1.165) is 29.8 Å². The van der Waals surface area contributed by atoms with Crippen LogP contribution in [0, 0.1) is 0 Å². The molecule has 0 saturated heterocycles. The number of carbonyl (C=O) groups is 1. The topological polar surface area (TPSA) is 76.1 Å². The number of benzene rings is 2. The van der Waals surface area contributed by atoms with Gasteiger partial charge in [-0.25, -0.2) is 9.97 Å². The van der Waals surface area contributed by atoms with Gasteiger partial charge in [-0.2, -0.15) is 0 Å². The maximum absolute atomic E-state index is 12.5. The summed E-state index contributed by atoms with van der Waals surface area (Å²) >= 11 is 0. The summed E-state index contributed by atoms with van der Waals surface area (Å²) in [7, 11) is 1.66. The fourth-order valence-electron chi connectivity index (χ4n) is 2.81. The van der Waals surface area contributed by atoms with Crippen LogP contribution in [0.15, 0.2) is 60.8 Å². The number of methoxy groups -OCH3 is 1. The first-order valence-electron chi connectivity index (χ1n) is 9.28. The van der Waals surface area contributed by atoms with E-state index < -0.39 is 0 Å². The van der Waals surface area contributed by atoms with Crippen LogP contribution in [0.2, 0.25) is 0 Å². The van der Waals surface area contributed by atoms with Gasteiger partial charge in [0.2, 0.25) is 5.95 Å². The third-order valence-electron chi connectivity index (χ3n) is 4.38. The van der Waals surface area contributed by atoms with Gasteiger partial charge < -0.3 is 15.4 Å². The molecule has 6 nitrogen and oxygen atoms in total. The number of rotatable bonds is 8. The number of para-hydroxylation sites is 1. The Bertz CT molecular complexity index is 926. The maximum atomic E-state index is 12.5. The summed E-state index contributed by atoms with van der Waals surface area (Å²) in [5.41, 5.74) is 3.38. The van der Waals surface area contributed by atoms with Gasteiger partial charge in [0.05, 0.1) is 7.11 Å². The lowest BCUT2D eigenvalue weighted by atomic mass is 10.1. The maximum Gasteiger partial charge on any atom is 0.274 e. The van der Waals surface area contributed by atoms with Crippen LogP contribution in [0.5, 0.6) is 5.75 Å². The van der Waals surface area contributed by atoms with E-state index in [1.807, 2.05) is 48.5 Å². The Kier molecular flexibility index (Phi) is 6.57. The van der Waals surface area contributed by atoms with Crippen molar-refractivity contribution in [1.29, 1.82) is 0 Å². The normalized spacial score (nSPS) is 10.4. The molecule has 2 N–H and O–H groups in total. The summed E-state index contributed by atoms with van der Waals surface area (Å²) in [6.07, 6.45) is 3.30. The van der Waals surface area contributed by atoms with Crippen molar-refractivity contribution in [3.63, 3.8) is 0 Å². The summed E-state index contributed by atoms with van der Waals surface area (Å²) in [6.45, 7) is 2.72. The van der Waals surface area contributed by atoms with E-state index in [0.29, 0.717) is 18.2 Å². The largest absolute Gasteiger partial charge is 0.496 e. The Morgan fingerprint density at radius 3 is 2.61 bits per heavy atom. The molecule has 144 valence electrons. The van der Waals surface area contributed by atoms with Gasteiger partial charge in [0.15, 0.2) is 0 Å². The highest BCUT2D eigenvalue weighted by atomic mass is 16.5. The molecule has 1 heterocycles. The molecule has 3 aromatic rings. The molecule has 1 amide bonds. The van der Waals surface area contributed by atoms with Crippen molar-refractivity contribution in [2.24, 2.45) is 0 Å². The average molecular weight is 376 g/mol. The zero-order valence-corrected chi connectivity index (χ0v) is 16.1. The molecule has 2 aromatic carbocycles. The van der Waals surface area contributed by atoms with E-state index in [1.54, 1.807) is 19.4 Å². The van der Waals surface area contributed by atoms with Crippen LogP contribution in [0.4, 0.5) is 11.6 Å². The van der Waals surface area contributed by atoms with Gasteiger partial charge in [-0.05, 0) is 48.2 Å². The number of nitrogens with one attached hydrogen (secondary N) is 2. The Morgan fingerprint density at radius 2 is 1.86 bits per heavy atom. The highest BCUT2D eigenvalue weighted by molar-refractivity contribution is 6.02. The Labute approximate surface area is 165 Å². The van der Waals surface area contributed by atoms with Gasteiger partial charge in [-0.3, -0.25) is 4.79 Å². The van der Waals surface area contributed by atoms with E-state index in [-0.39, 0.29) is 5.91 Å². The summed E-state index contributed by atoms with van der Waals surface area (Å²) < 4.78 is 5.36. The first kappa shape index (κ1) is 19.4. The zero-order valence-electron chi connectivity index (χ0n) is 16.1. The Balaban J connectivity index is 1.59. The predicted molar refractivity (Wildman–Crippen MR) is 111 cm³/mol. The lowest BCUT2D eigenvalue weighted by Crippen LogP contribution is -2.16. The number of hydrogen-bond acceptors (Lipinski definition) is 5. The number of anilines is 2. The zero-order chi connectivity index (χ0) is 19.8. The first-order valence-corrected chi connectivity index (χ1v) is 9.28. The summed E-state index contributed by atoms with van der Waals surface area (Å²) in [6, 6.07) is 17.3. The summed E-state index contributed by atoms with van der Waals surface area (Å²) in [5, 5.41) is 6.02. The second-order valence-corrected chi connectivity index (χ2v) is 6.26. The van der Waals surface area contributed by atoms with Gasteiger partial charge in [0, 0.05) is 18.4 Å². The number of carbonyl (C=O) groups excluding carboxylic acids is 1. The van der Waals surface area contributed by atoms with Crippen molar-refractivity contribution in [3.05, 3.63) is 77.6 Å². The van der Waals surface area contributed by atoms with E-state index >= 15 is 0 Å². The van der Waals surface area contributed by atoms with Gasteiger partial charge >= 0.3 is 0 Å². The SMILES string of the molecule is CCc1ccc(NC(=O)c2ccnc(NCCc3ccccc3OC)n2)cc1. The monoisotopic (exact) mass is 376 g/mol. The molecule has 3 rings (SSSR count). The number of amides is 1. The van der Waals surface area contributed by atoms with Crippen molar-refractivity contribution in [2.75, 3.05) is 24.3 Å². The lowest BCUT2D eigenvalue weighted by Gasteiger charge is -2.10. The summed E-state index contributed by atoms with van der Waals surface area (Å²) in [5.74, 6) is 1.01. The fraction of sp³-hybridized carbons (Fsp3) is 0.227. The molecule has 28 heavy (non-hydrogen) atoms. The van der Waals surface area contributed by atoms with Crippen LogP contribution in [0.1, 0.15) is 28.5 Å². The quantitative estimate of drug-likeness (QED) is 0.622. The van der Waals surface area contributed by atoms with E-state index in [1.165, 1.54) is 5.56 Å². The molecule has 6 heteroatoms. The van der Waals surface area contributed by atoms with E-state index in [2.05, 4.69) is 27.5 Å². The highest BCUT2D eigenvalue weighted by Gasteiger charge is 2.09. The first-order chi connectivity index (χ1) is 13.7. The Hall–Kier alpha value is -3.41. The lowest BCUT2D eigenvalue weighted by molar-refractivity contribution is 0.102. The molecular weight excluding hydrogens is 352 g/mol. The van der Waals surface area contributed by atoms with E-state index in [4.69, 9.17) is 4.74 Å². The second kappa shape index (κ2) is 9.50. The molecule has 0 aliphatic heterocycles. The number of ether oxygens (including phenoxy) is 1. The molecule has 0 aliphatic rings. The van der Waals surface area contributed by atoms with Crippen LogP contribution in [0.3, 0.4) is 0 Å². The minimum Gasteiger partial charge on any atom is -0.496 e. The minimum absolute atomic E-state index is 0.264. The van der Waals surface area contributed by atoms with Gasteiger partial charge in [-0.1, -0.05) is 37.3 Å². The predicted octanol–water partition coefficient (Wildman–Crippen LogP) is 3.95. The molecule has 0 spiro atoms. The van der Waals surface area contributed by atoms with Crippen molar-refractivity contribution < 1.29 is 9.53 Å². The third-order valence-corrected chi connectivity index (χ3v) is 4.38. The molecule has 0 saturated carbocycles. The second-order valence-electron chi connectivity index (χ2n) is 6.26. The molecular formula is C22H24N4O2. The minimum atomic E-state index is -0.264. The van der Waals surface area contributed by atoms with Crippen LogP contribution in [-0.2, 0) is 12.8 Å². The number of nitrogens with zero attached hydrogens (tertiary/aromatic N) is 2. The van der Waals surface area contributed by atoms with Crippen LogP contribution in [-0.4, -0.2) is 29.5 Å². The molecule has 0 aliphatic carbocycles. The molecule has 1 aromatic heterocycles.